The second kappa shape index (κ2) is 8.83. The molecule has 5 nitrogen and oxygen atoms in total. The van der Waals surface area contributed by atoms with E-state index in [0.717, 1.165) is 44.6 Å². The smallest absolute Gasteiger partial charge is 0.253 e. The summed E-state index contributed by atoms with van der Waals surface area (Å²) in [5.74, 6) is 0.697. The summed E-state index contributed by atoms with van der Waals surface area (Å²) >= 11 is 0. The summed E-state index contributed by atoms with van der Waals surface area (Å²) < 4.78 is 0. The molecular weight excluding hydrogens is 302 g/mol. The van der Waals surface area contributed by atoms with Gasteiger partial charge in [0.2, 0.25) is 5.91 Å². The number of carbonyl (C=O) groups excluding carboxylic acids is 2. The van der Waals surface area contributed by atoms with Crippen LogP contribution in [0.1, 0.15) is 30.1 Å². The number of hydrogen-bond donors (Lipinski definition) is 0. The summed E-state index contributed by atoms with van der Waals surface area (Å²) in [6.45, 7) is 5.98. The van der Waals surface area contributed by atoms with Crippen LogP contribution in [-0.2, 0) is 4.79 Å². The molecule has 2 amide bonds. The van der Waals surface area contributed by atoms with Crippen molar-refractivity contribution < 1.29 is 9.59 Å². The summed E-state index contributed by atoms with van der Waals surface area (Å²) in [4.78, 5) is 30.3. The van der Waals surface area contributed by atoms with Gasteiger partial charge in [-0.25, -0.2) is 0 Å². The lowest BCUT2D eigenvalue weighted by Crippen LogP contribution is -2.40. The third-order valence-corrected chi connectivity index (χ3v) is 4.51. The van der Waals surface area contributed by atoms with Crippen molar-refractivity contribution in [2.24, 2.45) is 5.92 Å². The number of carbonyl (C=O) groups is 2. The first kappa shape index (κ1) is 18.5. The van der Waals surface area contributed by atoms with E-state index in [-0.39, 0.29) is 11.8 Å². The zero-order chi connectivity index (χ0) is 17.5. The number of likely N-dealkylation sites (tertiary alicyclic amines) is 1. The standard InChI is InChI=1S/C19H29N3O2/c1-4-11-21(15-18(23)20(2)3)13-16-10-12-22(14-16)19(24)17-8-6-5-7-9-17/h5-9,16H,4,10-15H2,1-3H3/t16-/m0/s1. The highest BCUT2D eigenvalue weighted by Gasteiger charge is 2.28. The maximum Gasteiger partial charge on any atom is 0.253 e. The van der Waals surface area contributed by atoms with E-state index >= 15 is 0 Å². The Kier molecular flexibility index (Phi) is 6.79. The molecule has 0 aromatic heterocycles. The van der Waals surface area contributed by atoms with Crippen molar-refractivity contribution >= 4 is 11.8 Å². The van der Waals surface area contributed by atoms with Gasteiger partial charge in [-0.2, -0.15) is 0 Å². The lowest BCUT2D eigenvalue weighted by atomic mass is 10.1. The molecule has 0 radical (unpaired) electrons. The van der Waals surface area contributed by atoms with Gasteiger partial charge in [0.05, 0.1) is 6.54 Å². The van der Waals surface area contributed by atoms with Crippen molar-refractivity contribution in [1.82, 2.24) is 14.7 Å². The van der Waals surface area contributed by atoms with E-state index in [4.69, 9.17) is 0 Å². The quantitative estimate of drug-likeness (QED) is 0.767. The summed E-state index contributed by atoms with van der Waals surface area (Å²) in [7, 11) is 3.59. The summed E-state index contributed by atoms with van der Waals surface area (Å²) in [5.41, 5.74) is 0.756. The number of rotatable bonds is 7. The fourth-order valence-corrected chi connectivity index (χ4v) is 3.18. The molecule has 0 N–H and O–H groups in total. The molecule has 1 aliphatic rings. The fraction of sp³-hybridized carbons (Fsp3) is 0.579. The Balaban J connectivity index is 1.89. The highest BCUT2D eigenvalue weighted by atomic mass is 16.2. The van der Waals surface area contributed by atoms with E-state index in [9.17, 15) is 9.59 Å². The van der Waals surface area contributed by atoms with Crippen LogP contribution in [0.3, 0.4) is 0 Å². The number of benzene rings is 1. The maximum atomic E-state index is 12.5. The normalized spacial score (nSPS) is 17.3. The number of nitrogens with zero attached hydrogens (tertiary/aromatic N) is 3. The van der Waals surface area contributed by atoms with Gasteiger partial charge in [-0.3, -0.25) is 14.5 Å². The van der Waals surface area contributed by atoms with E-state index in [0.29, 0.717) is 12.5 Å². The molecular formula is C19H29N3O2. The molecule has 1 heterocycles. The van der Waals surface area contributed by atoms with E-state index in [1.54, 1.807) is 19.0 Å². The summed E-state index contributed by atoms with van der Waals surface area (Å²) in [6, 6.07) is 9.46. The second-order valence-corrected chi connectivity index (χ2v) is 6.80. The van der Waals surface area contributed by atoms with Crippen LogP contribution in [0.5, 0.6) is 0 Å². The molecule has 2 rings (SSSR count). The molecule has 1 atom stereocenters. The van der Waals surface area contributed by atoms with Crippen LogP contribution in [0.15, 0.2) is 30.3 Å². The van der Waals surface area contributed by atoms with Crippen molar-refractivity contribution in [3.05, 3.63) is 35.9 Å². The predicted octanol–water partition coefficient (Wildman–Crippen LogP) is 1.95. The first-order chi connectivity index (χ1) is 11.5. The van der Waals surface area contributed by atoms with Gasteiger partial charge in [0, 0.05) is 39.3 Å². The van der Waals surface area contributed by atoms with Crippen molar-refractivity contribution in [3.8, 4) is 0 Å². The van der Waals surface area contributed by atoms with Crippen molar-refractivity contribution in [2.75, 3.05) is 46.8 Å². The van der Waals surface area contributed by atoms with Crippen LogP contribution < -0.4 is 0 Å². The van der Waals surface area contributed by atoms with Gasteiger partial charge in [-0.15, -0.1) is 0 Å². The summed E-state index contributed by atoms with van der Waals surface area (Å²) in [5, 5.41) is 0. The number of hydrogen-bond acceptors (Lipinski definition) is 3. The molecule has 0 saturated carbocycles. The van der Waals surface area contributed by atoms with Crippen LogP contribution in [0.2, 0.25) is 0 Å². The molecule has 1 fully saturated rings. The third kappa shape index (κ3) is 5.06. The molecule has 1 aliphatic heterocycles. The van der Waals surface area contributed by atoms with Gasteiger partial charge >= 0.3 is 0 Å². The Morgan fingerprint density at radius 3 is 2.54 bits per heavy atom. The molecule has 0 spiro atoms. The van der Waals surface area contributed by atoms with E-state index < -0.39 is 0 Å². The van der Waals surface area contributed by atoms with Crippen LogP contribution >= 0.6 is 0 Å². The van der Waals surface area contributed by atoms with Crippen molar-refractivity contribution in [2.45, 2.75) is 19.8 Å². The monoisotopic (exact) mass is 331 g/mol. The van der Waals surface area contributed by atoms with Crippen LogP contribution in [0.4, 0.5) is 0 Å². The molecule has 0 unspecified atom stereocenters. The van der Waals surface area contributed by atoms with E-state index in [1.165, 1.54) is 0 Å². The Bertz CT molecular complexity index is 545. The zero-order valence-corrected chi connectivity index (χ0v) is 15.1. The minimum Gasteiger partial charge on any atom is -0.348 e. The van der Waals surface area contributed by atoms with Gasteiger partial charge in [0.1, 0.15) is 0 Å². The SMILES string of the molecule is CCCN(CC(=O)N(C)C)C[C@@H]1CCN(C(=O)c2ccccc2)C1. The van der Waals surface area contributed by atoms with Crippen LogP contribution in [-0.4, -0.2) is 73.3 Å². The average molecular weight is 331 g/mol. The Hall–Kier alpha value is -1.88. The fourth-order valence-electron chi connectivity index (χ4n) is 3.18. The lowest BCUT2D eigenvalue weighted by molar-refractivity contribution is -0.130. The minimum atomic E-state index is 0.115. The Morgan fingerprint density at radius 2 is 1.92 bits per heavy atom. The molecule has 0 aliphatic carbocycles. The zero-order valence-electron chi connectivity index (χ0n) is 15.1. The molecule has 24 heavy (non-hydrogen) atoms. The summed E-state index contributed by atoms with van der Waals surface area (Å²) in [6.07, 6.45) is 2.04. The van der Waals surface area contributed by atoms with Crippen molar-refractivity contribution in [3.63, 3.8) is 0 Å². The largest absolute Gasteiger partial charge is 0.348 e. The van der Waals surface area contributed by atoms with Crippen LogP contribution in [0.25, 0.3) is 0 Å². The maximum absolute atomic E-state index is 12.5. The second-order valence-electron chi connectivity index (χ2n) is 6.80. The topological polar surface area (TPSA) is 43.9 Å². The molecule has 0 bridgehead atoms. The van der Waals surface area contributed by atoms with Crippen molar-refractivity contribution in [1.29, 1.82) is 0 Å². The van der Waals surface area contributed by atoms with Gasteiger partial charge < -0.3 is 9.80 Å². The average Bonchev–Trinajstić information content (AvgIpc) is 3.03. The highest BCUT2D eigenvalue weighted by molar-refractivity contribution is 5.94. The molecule has 132 valence electrons. The minimum absolute atomic E-state index is 0.115. The van der Waals surface area contributed by atoms with E-state index in [2.05, 4.69) is 11.8 Å². The van der Waals surface area contributed by atoms with Gasteiger partial charge in [0.25, 0.3) is 5.91 Å². The van der Waals surface area contributed by atoms with E-state index in [1.807, 2.05) is 35.2 Å². The molecule has 1 saturated heterocycles. The lowest BCUT2D eigenvalue weighted by Gasteiger charge is -2.26. The van der Waals surface area contributed by atoms with Crippen LogP contribution in [0, 0.1) is 5.92 Å². The molecule has 5 heteroatoms. The van der Waals surface area contributed by atoms with Gasteiger partial charge in [0.15, 0.2) is 0 Å². The molecule has 1 aromatic rings. The first-order valence-corrected chi connectivity index (χ1v) is 8.78. The van der Waals surface area contributed by atoms with Gasteiger partial charge in [-0.1, -0.05) is 25.1 Å². The predicted molar refractivity (Wildman–Crippen MR) is 95.9 cm³/mol. The number of likely N-dealkylation sites (N-methyl/N-ethyl adjacent to an activating group) is 1. The van der Waals surface area contributed by atoms with Gasteiger partial charge in [-0.05, 0) is 37.4 Å². The highest BCUT2D eigenvalue weighted by Crippen LogP contribution is 2.20. The number of amides is 2. The Morgan fingerprint density at radius 1 is 1.21 bits per heavy atom. The Labute approximate surface area is 145 Å². The molecule has 1 aromatic carbocycles. The first-order valence-electron chi connectivity index (χ1n) is 8.78. The third-order valence-electron chi connectivity index (χ3n) is 4.51.